The average Bonchev–Trinajstić information content (AvgIpc) is 0. The van der Waals surface area contributed by atoms with Crippen molar-refractivity contribution in [2.45, 2.75) is 0 Å². The van der Waals surface area contributed by atoms with Gasteiger partial charge in [-0.2, -0.15) is 0 Å². The molecule has 0 saturated carbocycles. The van der Waals surface area contributed by atoms with Crippen LogP contribution in [0.5, 0.6) is 0 Å². The van der Waals surface area contributed by atoms with E-state index in [9.17, 15) is 0 Å². The van der Waals surface area contributed by atoms with Crippen LogP contribution in [-0.4, -0.2) is 23.9 Å². The molecule has 0 aliphatic heterocycles. The summed E-state index contributed by atoms with van der Waals surface area (Å²) in [4.78, 5) is 0. The van der Waals surface area contributed by atoms with Gasteiger partial charge in [0.1, 0.15) is 0 Å². The summed E-state index contributed by atoms with van der Waals surface area (Å²) in [5.74, 6) is 0. The molecule has 0 atom stereocenters. The van der Waals surface area contributed by atoms with Crippen molar-refractivity contribution in [3.05, 3.63) is 0 Å². The second-order valence-electron chi connectivity index (χ2n) is 0. The quantitative estimate of drug-likeness (QED) is 0.285. The Morgan fingerprint density at radius 3 is 0.400 bits per heavy atom. The van der Waals surface area contributed by atoms with Crippen molar-refractivity contribution in [3.63, 3.8) is 0 Å². The van der Waals surface area contributed by atoms with Gasteiger partial charge in [0.2, 0.25) is 0 Å². The Morgan fingerprint density at radius 1 is 0.400 bits per heavy atom. The van der Waals surface area contributed by atoms with Gasteiger partial charge in [-0.05, 0) is 0 Å². The standard InChI is InChI=1S/4HI.Sn/h4*1H;. The van der Waals surface area contributed by atoms with Crippen molar-refractivity contribution in [1.29, 1.82) is 0 Å². The summed E-state index contributed by atoms with van der Waals surface area (Å²) in [6.45, 7) is 0. The van der Waals surface area contributed by atoms with Gasteiger partial charge < -0.3 is 0 Å². The molecule has 0 aromatic rings. The van der Waals surface area contributed by atoms with E-state index in [0.29, 0.717) is 0 Å². The third-order valence-corrected chi connectivity index (χ3v) is 0. The maximum absolute atomic E-state index is 0. The summed E-state index contributed by atoms with van der Waals surface area (Å²) >= 11 is 0. The Hall–Kier alpha value is 3.72. The van der Waals surface area contributed by atoms with E-state index in [-0.39, 0.29) is 120 Å². The van der Waals surface area contributed by atoms with Crippen LogP contribution in [0.15, 0.2) is 0 Å². The predicted octanol–water partition coefficient (Wildman–Crippen LogP) is 2.09. The van der Waals surface area contributed by atoms with E-state index in [1.165, 1.54) is 0 Å². The molecule has 0 unspecified atom stereocenters. The number of hydrogen-bond acceptors (Lipinski definition) is 0. The van der Waals surface area contributed by atoms with E-state index in [2.05, 4.69) is 0 Å². The molecule has 0 amide bonds. The van der Waals surface area contributed by atoms with Crippen LogP contribution in [0, 0.1) is 0 Å². The molecule has 0 aliphatic carbocycles. The molecule has 0 rings (SSSR count). The molecule has 0 N–H and O–H groups in total. The van der Waals surface area contributed by atoms with E-state index in [0.717, 1.165) is 0 Å². The maximum atomic E-state index is 0. The van der Waals surface area contributed by atoms with Gasteiger partial charge in [0.25, 0.3) is 0 Å². The van der Waals surface area contributed by atoms with Crippen molar-refractivity contribution in [1.82, 2.24) is 0 Å². The summed E-state index contributed by atoms with van der Waals surface area (Å²) < 4.78 is 0. The van der Waals surface area contributed by atoms with Gasteiger partial charge in [0, 0.05) is 23.9 Å². The third-order valence-electron chi connectivity index (χ3n) is 0. The molecule has 0 spiro atoms. The second kappa shape index (κ2) is 25.2. The summed E-state index contributed by atoms with van der Waals surface area (Å²) in [6, 6.07) is 0. The van der Waals surface area contributed by atoms with E-state index < -0.39 is 0 Å². The molecule has 36 valence electrons. The largest absolute Gasteiger partial charge is 0.107 e. The van der Waals surface area contributed by atoms with Crippen LogP contribution < -0.4 is 0 Å². The SMILES string of the molecule is I.I.I.I.[Sn]. The zero-order valence-corrected chi connectivity index (χ0v) is 14.3. The number of halogens is 4. The summed E-state index contributed by atoms with van der Waals surface area (Å²) in [6.07, 6.45) is 0. The number of hydrogen-bond donors (Lipinski definition) is 0. The van der Waals surface area contributed by atoms with Crippen molar-refractivity contribution < 1.29 is 0 Å². The van der Waals surface area contributed by atoms with Gasteiger partial charge in [-0.15, -0.1) is 95.9 Å². The van der Waals surface area contributed by atoms with Gasteiger partial charge in [0.15, 0.2) is 0 Å². The van der Waals surface area contributed by atoms with Crippen LogP contribution >= 0.6 is 95.9 Å². The van der Waals surface area contributed by atoms with Crippen molar-refractivity contribution in [2.24, 2.45) is 0 Å². The smallest absolute Gasteiger partial charge is 0 e. The van der Waals surface area contributed by atoms with E-state index in [4.69, 9.17) is 0 Å². The fraction of sp³-hybridized carbons (Fsp3) is 0. The third kappa shape index (κ3) is 18.3. The zero-order chi connectivity index (χ0) is 0. The predicted molar refractivity (Wildman–Crippen MR) is 67.4 cm³/mol. The molecule has 5 heavy (non-hydrogen) atoms. The fourth-order valence-electron chi connectivity index (χ4n) is 0. The molecule has 0 heterocycles. The Kier molecular flexibility index (Phi) is 189. The molecule has 0 saturated heterocycles. The molecule has 0 nitrogen and oxygen atoms in total. The van der Waals surface area contributed by atoms with Crippen LogP contribution in [0.3, 0.4) is 0 Å². The van der Waals surface area contributed by atoms with Gasteiger partial charge in [-0.25, -0.2) is 0 Å². The van der Waals surface area contributed by atoms with Gasteiger partial charge in [-0.1, -0.05) is 0 Å². The molecular formula is H4I4Sn. The van der Waals surface area contributed by atoms with Crippen molar-refractivity contribution >= 4 is 120 Å². The fourth-order valence-corrected chi connectivity index (χ4v) is 0. The van der Waals surface area contributed by atoms with E-state index in [1.54, 1.807) is 0 Å². The van der Waals surface area contributed by atoms with Crippen molar-refractivity contribution in [2.75, 3.05) is 0 Å². The molecule has 4 radical (unpaired) electrons. The van der Waals surface area contributed by atoms with Crippen LogP contribution in [0.1, 0.15) is 0 Å². The monoisotopic (exact) mass is 632 g/mol. The van der Waals surface area contributed by atoms with Crippen molar-refractivity contribution in [3.8, 4) is 0 Å². The Morgan fingerprint density at radius 2 is 0.400 bits per heavy atom. The first-order chi connectivity index (χ1) is 0. The van der Waals surface area contributed by atoms with Crippen LogP contribution in [0.25, 0.3) is 0 Å². The Bertz CT molecular complexity index is 3.61. The van der Waals surface area contributed by atoms with Crippen LogP contribution in [0.2, 0.25) is 0 Å². The first-order valence-corrected chi connectivity index (χ1v) is 0. The maximum Gasteiger partial charge on any atom is 0 e. The summed E-state index contributed by atoms with van der Waals surface area (Å²) in [7, 11) is 0. The molecule has 0 aromatic heterocycles. The van der Waals surface area contributed by atoms with Gasteiger partial charge in [-0.3, -0.25) is 0 Å². The topological polar surface area (TPSA) is 0 Å². The van der Waals surface area contributed by atoms with Crippen LogP contribution in [-0.2, 0) is 0 Å². The molecule has 0 aromatic carbocycles. The number of rotatable bonds is 0. The minimum atomic E-state index is 0. The molecule has 0 bridgehead atoms. The second-order valence-corrected chi connectivity index (χ2v) is 0. The molecule has 0 aliphatic rings. The summed E-state index contributed by atoms with van der Waals surface area (Å²) in [5, 5.41) is 0. The van der Waals surface area contributed by atoms with E-state index >= 15 is 0 Å². The minimum absolute atomic E-state index is 0. The minimum Gasteiger partial charge on any atom is -0.107 e. The first-order valence-electron chi connectivity index (χ1n) is 0. The molecular weight excluding hydrogens is 626 g/mol. The zero-order valence-electron chi connectivity index (χ0n) is 2.13. The van der Waals surface area contributed by atoms with Crippen LogP contribution in [0.4, 0.5) is 0 Å². The normalized spacial score (nSPS) is 0. The first kappa shape index (κ1) is 37.6. The summed E-state index contributed by atoms with van der Waals surface area (Å²) in [5.41, 5.74) is 0. The average molecular weight is 630 g/mol. The molecule has 5 heteroatoms. The molecule has 0 fully saturated rings. The van der Waals surface area contributed by atoms with Gasteiger partial charge in [0.05, 0.1) is 0 Å². The Balaban J connectivity index is 0. The Labute approximate surface area is 117 Å². The van der Waals surface area contributed by atoms with E-state index in [1.807, 2.05) is 0 Å². The van der Waals surface area contributed by atoms with Gasteiger partial charge >= 0.3 is 0 Å².